The van der Waals surface area contributed by atoms with Gasteiger partial charge in [-0.05, 0) is 42.6 Å². The predicted molar refractivity (Wildman–Crippen MR) is 113 cm³/mol. The van der Waals surface area contributed by atoms with E-state index in [-0.39, 0.29) is 0 Å². The largest absolute Gasteiger partial charge is 0.454 e. The molecule has 0 N–H and O–H groups in total. The molecule has 3 heterocycles. The Labute approximate surface area is 168 Å². The lowest BCUT2D eigenvalue weighted by atomic mass is 9.92. The van der Waals surface area contributed by atoms with Crippen molar-refractivity contribution in [3.63, 3.8) is 0 Å². The Balaban J connectivity index is 1.90. The molecule has 0 aliphatic carbocycles. The maximum atomic E-state index is 8.04. The van der Waals surface area contributed by atoms with Crippen LogP contribution in [-0.2, 0) is 7.05 Å². The molecule has 0 fully saturated rings. The van der Waals surface area contributed by atoms with Crippen molar-refractivity contribution in [1.29, 1.82) is 0 Å². The van der Waals surface area contributed by atoms with Crippen molar-refractivity contribution < 1.29 is 13.1 Å². The van der Waals surface area contributed by atoms with E-state index in [0.29, 0.717) is 11.1 Å². The van der Waals surface area contributed by atoms with Crippen molar-refractivity contribution in [1.82, 2.24) is 4.98 Å². The minimum atomic E-state index is -2.21. The van der Waals surface area contributed by atoms with E-state index >= 15 is 0 Å². The molecule has 3 heteroatoms. The third-order valence-corrected chi connectivity index (χ3v) is 5.29. The lowest BCUT2D eigenvalue weighted by Crippen LogP contribution is -2.31. The maximum Gasteiger partial charge on any atom is 0.224 e. The second kappa shape index (κ2) is 6.31. The van der Waals surface area contributed by atoms with Crippen LogP contribution in [0.25, 0.3) is 44.3 Å². The van der Waals surface area contributed by atoms with Gasteiger partial charge in [0, 0.05) is 27.1 Å². The van der Waals surface area contributed by atoms with E-state index in [1.54, 1.807) is 24.5 Å². The summed E-state index contributed by atoms with van der Waals surface area (Å²) in [6.45, 7) is -0.166. The summed E-state index contributed by atoms with van der Waals surface area (Å²) in [4.78, 5) is 4.19. The van der Waals surface area contributed by atoms with E-state index in [9.17, 15) is 0 Å². The average molecular weight is 368 g/mol. The number of rotatable bonds is 2. The topological polar surface area (TPSA) is 29.9 Å². The van der Waals surface area contributed by atoms with Gasteiger partial charge in [-0.3, -0.25) is 4.98 Å². The Morgan fingerprint density at radius 1 is 0.929 bits per heavy atom. The quantitative estimate of drug-likeness (QED) is 0.371. The van der Waals surface area contributed by atoms with Gasteiger partial charge in [-0.1, -0.05) is 36.4 Å². The van der Waals surface area contributed by atoms with E-state index < -0.39 is 6.85 Å². The van der Waals surface area contributed by atoms with Crippen molar-refractivity contribution in [3.8, 4) is 22.4 Å². The number of furan rings is 1. The second-order valence-electron chi connectivity index (χ2n) is 7.04. The summed E-state index contributed by atoms with van der Waals surface area (Å²) in [5, 5.41) is 2.02. The molecular formula is C25H21N2O+. The lowest BCUT2D eigenvalue weighted by molar-refractivity contribution is -0.659. The Hall–Kier alpha value is -3.46. The van der Waals surface area contributed by atoms with Crippen LogP contribution < -0.4 is 4.57 Å². The van der Waals surface area contributed by atoms with Crippen LogP contribution in [0.5, 0.6) is 0 Å². The first-order valence-corrected chi connectivity index (χ1v) is 9.21. The minimum absolute atomic E-state index is 0.334. The fourth-order valence-corrected chi connectivity index (χ4v) is 3.95. The summed E-state index contributed by atoms with van der Waals surface area (Å²) < 4.78 is 32.4. The summed E-state index contributed by atoms with van der Waals surface area (Å²) in [5.41, 5.74) is 6.30. The van der Waals surface area contributed by atoms with Gasteiger partial charge in [0.2, 0.25) is 5.69 Å². The van der Waals surface area contributed by atoms with Gasteiger partial charge in [0.1, 0.15) is 12.6 Å². The second-order valence-corrected chi connectivity index (χ2v) is 7.04. The average Bonchev–Trinajstić information content (AvgIpc) is 3.12. The van der Waals surface area contributed by atoms with Gasteiger partial charge in [0.25, 0.3) is 0 Å². The van der Waals surface area contributed by atoms with Crippen LogP contribution in [-0.4, -0.2) is 4.98 Å². The summed E-state index contributed by atoms with van der Waals surface area (Å²) in [6.07, 6.45) is 5.46. The van der Waals surface area contributed by atoms with Gasteiger partial charge in [-0.15, -0.1) is 0 Å². The normalized spacial score (nSPS) is 13.4. The monoisotopic (exact) mass is 368 g/mol. The van der Waals surface area contributed by atoms with Crippen molar-refractivity contribution in [3.05, 3.63) is 84.3 Å². The van der Waals surface area contributed by atoms with E-state index in [4.69, 9.17) is 8.53 Å². The standard InChI is InChI=1S/C25H21N2O/c1-16-7-4-5-8-18(16)20-9-6-14-27(3)24(20)23-17(2)10-11-21-19-12-13-26-15-22(19)28-25(21)23/h4-15H,1-3H3/q+1/i1D3. The molecule has 3 nitrogen and oxygen atoms in total. The predicted octanol–water partition coefficient (Wildman–Crippen LogP) is 5.76. The molecule has 136 valence electrons. The van der Waals surface area contributed by atoms with Crippen molar-refractivity contribution in [2.24, 2.45) is 7.05 Å². The van der Waals surface area contributed by atoms with Gasteiger partial charge in [0.05, 0.1) is 17.3 Å². The van der Waals surface area contributed by atoms with E-state index in [1.807, 2.05) is 55.1 Å². The van der Waals surface area contributed by atoms with Crippen LogP contribution in [0.1, 0.15) is 15.2 Å². The van der Waals surface area contributed by atoms with Gasteiger partial charge in [-0.2, -0.15) is 0 Å². The number of nitrogens with zero attached hydrogens (tertiary/aromatic N) is 2. The first kappa shape index (κ1) is 13.7. The van der Waals surface area contributed by atoms with E-state index in [0.717, 1.165) is 44.3 Å². The molecule has 5 aromatic rings. The zero-order valence-electron chi connectivity index (χ0n) is 18.7. The van der Waals surface area contributed by atoms with Gasteiger partial charge < -0.3 is 4.42 Å². The minimum Gasteiger partial charge on any atom is -0.454 e. The number of aromatic nitrogens is 2. The van der Waals surface area contributed by atoms with Crippen LogP contribution >= 0.6 is 0 Å². The highest BCUT2D eigenvalue weighted by atomic mass is 16.3. The number of hydrogen-bond donors (Lipinski definition) is 0. The molecule has 0 spiro atoms. The maximum absolute atomic E-state index is 8.04. The van der Waals surface area contributed by atoms with E-state index in [1.165, 1.54) is 0 Å². The molecule has 0 atom stereocenters. The zero-order valence-corrected chi connectivity index (χ0v) is 15.7. The fraction of sp³-hybridized carbons (Fsp3) is 0.120. The molecule has 0 unspecified atom stereocenters. The van der Waals surface area contributed by atoms with Crippen LogP contribution in [0.4, 0.5) is 0 Å². The van der Waals surface area contributed by atoms with Crippen molar-refractivity contribution >= 4 is 21.9 Å². The van der Waals surface area contributed by atoms with Crippen LogP contribution in [0.3, 0.4) is 0 Å². The summed E-state index contributed by atoms with van der Waals surface area (Å²) in [5.74, 6) is 0. The Bertz CT molecular complexity index is 1450. The molecule has 0 aliphatic heterocycles. The number of benzene rings is 2. The smallest absolute Gasteiger partial charge is 0.224 e. The zero-order chi connectivity index (χ0) is 21.8. The SMILES string of the molecule is [2H]C([2H])([2H])c1ccccc1-c1ccc[n+](C)c1-c1c(C)ccc2c1oc1cnccc12. The third-order valence-electron chi connectivity index (χ3n) is 5.29. The van der Waals surface area contributed by atoms with Gasteiger partial charge >= 0.3 is 0 Å². The third kappa shape index (κ3) is 2.43. The first-order chi connectivity index (χ1) is 14.9. The Morgan fingerprint density at radius 2 is 1.79 bits per heavy atom. The molecule has 0 radical (unpaired) electrons. The molecule has 2 aromatic carbocycles. The highest BCUT2D eigenvalue weighted by Crippen LogP contribution is 2.40. The Kier molecular flexibility index (Phi) is 3.08. The summed E-state index contributed by atoms with van der Waals surface area (Å²) in [7, 11) is 1.97. The first-order valence-electron chi connectivity index (χ1n) is 10.7. The number of hydrogen-bond acceptors (Lipinski definition) is 2. The fourth-order valence-electron chi connectivity index (χ4n) is 3.95. The molecular weight excluding hydrogens is 344 g/mol. The van der Waals surface area contributed by atoms with Crippen molar-refractivity contribution in [2.45, 2.75) is 13.8 Å². The highest BCUT2D eigenvalue weighted by molar-refractivity contribution is 6.10. The highest BCUT2D eigenvalue weighted by Gasteiger charge is 2.25. The van der Waals surface area contributed by atoms with Gasteiger partial charge in [-0.25, -0.2) is 4.57 Å². The number of pyridine rings is 2. The van der Waals surface area contributed by atoms with Crippen molar-refractivity contribution in [2.75, 3.05) is 0 Å². The number of aryl methyl sites for hydroxylation is 3. The lowest BCUT2D eigenvalue weighted by Gasteiger charge is -2.12. The summed E-state index contributed by atoms with van der Waals surface area (Å²) in [6, 6.07) is 17.2. The van der Waals surface area contributed by atoms with E-state index in [2.05, 4.69) is 17.1 Å². The Morgan fingerprint density at radius 3 is 2.68 bits per heavy atom. The molecule has 28 heavy (non-hydrogen) atoms. The molecule has 0 amide bonds. The molecule has 5 rings (SSSR count). The van der Waals surface area contributed by atoms with Crippen LogP contribution in [0.15, 0.2) is 77.6 Å². The summed E-state index contributed by atoms with van der Waals surface area (Å²) >= 11 is 0. The van der Waals surface area contributed by atoms with Gasteiger partial charge in [0.15, 0.2) is 11.8 Å². The van der Waals surface area contributed by atoms with Crippen LogP contribution in [0, 0.1) is 13.8 Å². The van der Waals surface area contributed by atoms with Crippen LogP contribution in [0.2, 0.25) is 0 Å². The molecule has 0 aliphatic rings. The molecule has 0 saturated carbocycles. The number of fused-ring (bicyclic) bond motifs is 3. The molecule has 0 saturated heterocycles. The molecule has 0 bridgehead atoms. The molecule has 3 aromatic heterocycles.